The second-order valence-electron chi connectivity index (χ2n) is 6.88. The molecule has 3 nitrogen and oxygen atoms in total. The van der Waals surface area contributed by atoms with Crippen molar-refractivity contribution in [1.82, 2.24) is 4.98 Å². The van der Waals surface area contributed by atoms with E-state index in [2.05, 4.69) is 10.3 Å². The number of aromatic nitrogens is 1. The lowest BCUT2D eigenvalue weighted by atomic mass is 10.0. The molecule has 0 radical (unpaired) electrons. The van der Waals surface area contributed by atoms with Crippen LogP contribution in [0.5, 0.6) is 0 Å². The van der Waals surface area contributed by atoms with Gasteiger partial charge in [0.25, 0.3) is 0 Å². The number of hydrogen-bond acceptors (Lipinski definition) is 3. The molecule has 0 unspecified atom stereocenters. The van der Waals surface area contributed by atoms with Gasteiger partial charge in [0.1, 0.15) is 0 Å². The van der Waals surface area contributed by atoms with Crippen molar-refractivity contribution in [3.8, 4) is 0 Å². The number of fused-ring (bicyclic) bond motifs is 1. The average molecular weight is 450 g/mol. The van der Waals surface area contributed by atoms with E-state index in [0.29, 0.717) is 11.3 Å². The molecule has 2 aromatic carbocycles. The van der Waals surface area contributed by atoms with Crippen LogP contribution in [0.15, 0.2) is 96.7 Å². The number of halogens is 3. The van der Waals surface area contributed by atoms with Gasteiger partial charge in [-0.25, -0.2) is 0 Å². The summed E-state index contributed by atoms with van der Waals surface area (Å²) in [6.07, 6.45) is 3.70. The van der Waals surface area contributed by atoms with Crippen molar-refractivity contribution in [2.45, 2.75) is 6.18 Å². The van der Waals surface area contributed by atoms with Crippen LogP contribution in [-0.2, 0) is 11.0 Å². The Kier molecular flexibility index (Phi) is 6.18. The van der Waals surface area contributed by atoms with E-state index < -0.39 is 11.7 Å². The number of hydrogen-bond donors (Lipinski definition) is 1. The molecule has 4 rings (SSSR count). The van der Waals surface area contributed by atoms with Gasteiger partial charge in [-0.2, -0.15) is 13.2 Å². The molecule has 32 heavy (non-hydrogen) atoms. The van der Waals surface area contributed by atoms with E-state index in [1.54, 1.807) is 24.5 Å². The third-order valence-electron chi connectivity index (χ3n) is 4.76. The Morgan fingerprint density at radius 1 is 1.00 bits per heavy atom. The third kappa shape index (κ3) is 4.95. The molecule has 160 valence electrons. The highest BCUT2D eigenvalue weighted by molar-refractivity contribution is 7.11. The predicted molar refractivity (Wildman–Crippen MR) is 122 cm³/mol. The van der Waals surface area contributed by atoms with Crippen LogP contribution in [0.3, 0.4) is 0 Å². The number of amides is 1. The molecule has 4 aromatic rings. The predicted octanol–water partition coefficient (Wildman–Crippen LogP) is 6.94. The normalized spacial score (nSPS) is 12.4. The fourth-order valence-corrected chi connectivity index (χ4v) is 4.00. The fourth-order valence-electron chi connectivity index (χ4n) is 3.23. The molecule has 1 amide bonds. The lowest BCUT2D eigenvalue weighted by Gasteiger charge is -2.09. The van der Waals surface area contributed by atoms with E-state index in [4.69, 9.17) is 0 Å². The van der Waals surface area contributed by atoms with Crippen molar-refractivity contribution in [3.63, 3.8) is 0 Å². The highest BCUT2D eigenvalue weighted by Crippen LogP contribution is 2.32. The minimum Gasteiger partial charge on any atom is -0.322 e. The number of nitrogens with zero attached hydrogens (tertiary/aromatic N) is 1. The van der Waals surface area contributed by atoms with E-state index in [-0.39, 0.29) is 5.91 Å². The summed E-state index contributed by atoms with van der Waals surface area (Å²) in [6.45, 7) is 0. The summed E-state index contributed by atoms with van der Waals surface area (Å²) in [5.74, 6) is -0.316. The topological polar surface area (TPSA) is 42.0 Å². The Bertz CT molecular complexity index is 1290. The van der Waals surface area contributed by atoms with Crippen molar-refractivity contribution in [2.75, 3.05) is 5.32 Å². The van der Waals surface area contributed by atoms with E-state index in [0.717, 1.165) is 33.4 Å². The number of rotatable bonds is 5. The summed E-state index contributed by atoms with van der Waals surface area (Å²) in [6, 6.07) is 16.1. The van der Waals surface area contributed by atoms with Crippen molar-refractivity contribution in [1.29, 1.82) is 0 Å². The maximum Gasteiger partial charge on any atom is 0.416 e. The van der Waals surface area contributed by atoms with Gasteiger partial charge in [-0.05, 0) is 46.8 Å². The lowest BCUT2D eigenvalue weighted by Crippen LogP contribution is -2.08. The van der Waals surface area contributed by atoms with Crippen LogP contribution in [0.4, 0.5) is 18.9 Å². The first-order valence-corrected chi connectivity index (χ1v) is 10.5. The molecule has 1 N–H and O–H groups in total. The van der Waals surface area contributed by atoms with Gasteiger partial charge in [-0.1, -0.05) is 42.5 Å². The number of thiophene rings is 1. The summed E-state index contributed by atoms with van der Waals surface area (Å²) < 4.78 is 38.7. The zero-order chi connectivity index (χ0) is 22.6. The first-order valence-electron chi connectivity index (χ1n) is 9.65. The highest BCUT2D eigenvalue weighted by atomic mass is 32.1. The summed E-state index contributed by atoms with van der Waals surface area (Å²) in [5, 5.41) is 6.53. The van der Waals surface area contributed by atoms with Crippen LogP contribution in [-0.4, -0.2) is 10.9 Å². The van der Waals surface area contributed by atoms with Gasteiger partial charge in [0.05, 0.1) is 5.56 Å². The molecule has 2 aromatic heterocycles. The van der Waals surface area contributed by atoms with Crippen molar-refractivity contribution in [3.05, 3.63) is 113 Å². The van der Waals surface area contributed by atoms with Crippen LogP contribution < -0.4 is 5.32 Å². The number of allylic oxidation sites excluding steroid dienone is 2. The molecule has 0 saturated carbocycles. The largest absolute Gasteiger partial charge is 0.416 e. The van der Waals surface area contributed by atoms with Gasteiger partial charge >= 0.3 is 6.18 Å². The molecule has 0 bridgehead atoms. The first-order chi connectivity index (χ1) is 15.4. The highest BCUT2D eigenvalue weighted by Gasteiger charge is 2.30. The SMILES string of the molecule is O=C(/C=C/C=C(/c1ccc(C(F)(F)F)cc1)c1cccs1)Nc1cccc2cnccc12. The van der Waals surface area contributed by atoms with E-state index in [1.165, 1.54) is 29.5 Å². The van der Waals surface area contributed by atoms with Crippen LogP contribution in [0.25, 0.3) is 16.3 Å². The summed E-state index contributed by atoms with van der Waals surface area (Å²) >= 11 is 1.47. The number of nitrogens with one attached hydrogen (secondary N) is 1. The molecule has 0 fully saturated rings. The lowest BCUT2D eigenvalue weighted by molar-refractivity contribution is -0.137. The van der Waals surface area contributed by atoms with Crippen LogP contribution in [0, 0.1) is 0 Å². The molecule has 0 spiro atoms. The minimum atomic E-state index is -4.39. The smallest absolute Gasteiger partial charge is 0.322 e. The van der Waals surface area contributed by atoms with Gasteiger partial charge < -0.3 is 5.32 Å². The number of alkyl halides is 3. The van der Waals surface area contributed by atoms with Gasteiger partial charge in [0, 0.05) is 39.8 Å². The second-order valence-corrected chi connectivity index (χ2v) is 7.83. The minimum absolute atomic E-state index is 0.316. The van der Waals surface area contributed by atoms with E-state index in [1.807, 2.05) is 41.8 Å². The van der Waals surface area contributed by atoms with Crippen LogP contribution >= 0.6 is 11.3 Å². The van der Waals surface area contributed by atoms with Crippen molar-refractivity contribution < 1.29 is 18.0 Å². The number of carbonyl (C=O) groups excluding carboxylic acids is 1. The third-order valence-corrected chi connectivity index (χ3v) is 5.66. The zero-order valence-electron chi connectivity index (χ0n) is 16.6. The summed E-state index contributed by atoms with van der Waals surface area (Å²) in [7, 11) is 0. The molecule has 0 atom stereocenters. The molecule has 7 heteroatoms. The van der Waals surface area contributed by atoms with Crippen molar-refractivity contribution >= 4 is 39.3 Å². The number of pyridine rings is 1. The van der Waals surface area contributed by atoms with Crippen LogP contribution in [0.2, 0.25) is 0 Å². The van der Waals surface area contributed by atoms with Crippen LogP contribution in [0.1, 0.15) is 16.0 Å². The molecule has 2 heterocycles. The number of carbonyl (C=O) groups is 1. The molecular weight excluding hydrogens is 433 g/mol. The molecule has 0 aliphatic rings. The van der Waals surface area contributed by atoms with Crippen molar-refractivity contribution in [2.24, 2.45) is 0 Å². The van der Waals surface area contributed by atoms with E-state index >= 15 is 0 Å². The number of anilines is 1. The molecule has 0 aliphatic heterocycles. The van der Waals surface area contributed by atoms with Gasteiger partial charge in [-0.3, -0.25) is 9.78 Å². The quantitative estimate of drug-likeness (QED) is 0.264. The maximum atomic E-state index is 12.9. The van der Waals surface area contributed by atoms with Gasteiger partial charge in [0.15, 0.2) is 0 Å². The molecule has 0 aliphatic carbocycles. The Labute approximate surface area is 186 Å². The summed E-state index contributed by atoms with van der Waals surface area (Å²) in [5.41, 5.74) is 1.33. The fraction of sp³-hybridized carbons (Fsp3) is 0.0400. The van der Waals surface area contributed by atoms with E-state index in [9.17, 15) is 18.0 Å². The first kappa shape index (κ1) is 21.5. The molecular formula is C25H17F3N2OS. The summed E-state index contributed by atoms with van der Waals surface area (Å²) in [4.78, 5) is 17.4. The monoisotopic (exact) mass is 450 g/mol. The van der Waals surface area contributed by atoms with Gasteiger partial charge in [-0.15, -0.1) is 11.3 Å². The Hall–Kier alpha value is -3.71. The second kappa shape index (κ2) is 9.20. The Morgan fingerprint density at radius 2 is 1.81 bits per heavy atom. The number of benzene rings is 2. The Balaban J connectivity index is 1.57. The van der Waals surface area contributed by atoms with Gasteiger partial charge in [0.2, 0.25) is 5.91 Å². The molecule has 0 saturated heterocycles. The standard InChI is InChI=1S/C25H17F3N2OS/c26-25(27,28)19-11-9-17(10-12-19)21(23-7-3-15-32-23)5-2-8-24(31)30-22-6-1-4-18-16-29-14-13-20(18)22/h1-16H,(H,30,31)/b8-2+,21-5-. The Morgan fingerprint density at radius 3 is 2.53 bits per heavy atom. The average Bonchev–Trinajstić information content (AvgIpc) is 3.31. The zero-order valence-corrected chi connectivity index (χ0v) is 17.5. The maximum absolute atomic E-state index is 12.9.